The van der Waals surface area contributed by atoms with Crippen LogP contribution in [0.2, 0.25) is 0 Å². The molecule has 3 heteroatoms. The van der Waals surface area contributed by atoms with E-state index in [1.165, 1.54) is 24.9 Å². The second-order valence-corrected chi connectivity index (χ2v) is 5.60. The Morgan fingerprint density at radius 1 is 1.21 bits per heavy atom. The van der Waals surface area contributed by atoms with Crippen LogP contribution in [0.25, 0.3) is 0 Å². The van der Waals surface area contributed by atoms with Gasteiger partial charge in [0.1, 0.15) is 5.75 Å². The number of piperidine rings is 1. The van der Waals surface area contributed by atoms with E-state index in [0.717, 1.165) is 24.8 Å². The summed E-state index contributed by atoms with van der Waals surface area (Å²) in [6.07, 6.45) is 3.11. The van der Waals surface area contributed by atoms with Gasteiger partial charge in [-0.3, -0.25) is 4.90 Å². The van der Waals surface area contributed by atoms with Crippen molar-refractivity contribution in [1.82, 2.24) is 4.90 Å². The van der Waals surface area contributed by atoms with Crippen LogP contribution in [-0.2, 0) is 11.3 Å². The van der Waals surface area contributed by atoms with Gasteiger partial charge in [0, 0.05) is 25.7 Å². The highest BCUT2D eigenvalue weighted by atomic mass is 16.5. The Kier molecular flexibility index (Phi) is 3.76. The van der Waals surface area contributed by atoms with Crippen LogP contribution < -0.4 is 4.74 Å². The zero-order valence-corrected chi connectivity index (χ0v) is 11.8. The van der Waals surface area contributed by atoms with Gasteiger partial charge in [0.05, 0.1) is 13.2 Å². The smallest absolute Gasteiger partial charge is 0.118 e. The van der Waals surface area contributed by atoms with Gasteiger partial charge in [-0.25, -0.2) is 0 Å². The van der Waals surface area contributed by atoms with Crippen LogP contribution in [0, 0.1) is 5.92 Å². The van der Waals surface area contributed by atoms with E-state index < -0.39 is 0 Å². The van der Waals surface area contributed by atoms with Crippen molar-refractivity contribution in [2.45, 2.75) is 38.5 Å². The number of methoxy groups -OCH3 is 1. The Morgan fingerprint density at radius 3 is 2.68 bits per heavy atom. The van der Waals surface area contributed by atoms with E-state index in [-0.39, 0.29) is 0 Å². The number of hydrogen-bond acceptors (Lipinski definition) is 3. The highest BCUT2D eigenvalue weighted by molar-refractivity contribution is 5.27. The van der Waals surface area contributed by atoms with Crippen LogP contribution >= 0.6 is 0 Å². The molecule has 1 saturated carbocycles. The van der Waals surface area contributed by atoms with Gasteiger partial charge in [-0.2, -0.15) is 0 Å². The third-order valence-electron chi connectivity index (χ3n) is 4.52. The van der Waals surface area contributed by atoms with Gasteiger partial charge >= 0.3 is 0 Å². The molecule has 1 saturated heterocycles. The molecule has 19 heavy (non-hydrogen) atoms. The number of ether oxygens (including phenoxy) is 2. The average molecular weight is 261 g/mol. The molecule has 0 amide bonds. The van der Waals surface area contributed by atoms with E-state index in [4.69, 9.17) is 9.47 Å². The maximum Gasteiger partial charge on any atom is 0.118 e. The van der Waals surface area contributed by atoms with Crippen molar-refractivity contribution in [2.75, 3.05) is 20.3 Å². The fourth-order valence-electron chi connectivity index (χ4n) is 3.64. The predicted octanol–water partition coefficient (Wildman–Crippen LogP) is 2.69. The van der Waals surface area contributed by atoms with Crippen LogP contribution in [-0.4, -0.2) is 37.3 Å². The molecule has 1 aromatic rings. The summed E-state index contributed by atoms with van der Waals surface area (Å²) in [5.74, 6) is 1.68. The van der Waals surface area contributed by atoms with E-state index in [9.17, 15) is 0 Å². The molecule has 3 atom stereocenters. The van der Waals surface area contributed by atoms with E-state index in [1.54, 1.807) is 7.11 Å². The van der Waals surface area contributed by atoms with E-state index >= 15 is 0 Å². The highest BCUT2D eigenvalue weighted by Gasteiger charge is 2.47. The summed E-state index contributed by atoms with van der Waals surface area (Å²) in [5.41, 5.74) is 1.36. The third-order valence-corrected chi connectivity index (χ3v) is 4.52. The summed E-state index contributed by atoms with van der Waals surface area (Å²) in [4.78, 5) is 2.59. The number of nitrogens with zero attached hydrogens (tertiary/aromatic N) is 1. The topological polar surface area (TPSA) is 21.7 Å². The van der Waals surface area contributed by atoms with E-state index in [2.05, 4.69) is 24.0 Å². The summed E-state index contributed by atoms with van der Waals surface area (Å²) in [5, 5.41) is 0. The molecule has 0 radical (unpaired) electrons. The molecule has 3 rings (SSSR count). The first kappa shape index (κ1) is 12.9. The lowest BCUT2D eigenvalue weighted by Gasteiger charge is -2.27. The number of benzene rings is 1. The van der Waals surface area contributed by atoms with Gasteiger partial charge in [0.2, 0.25) is 0 Å². The third kappa shape index (κ3) is 2.49. The van der Waals surface area contributed by atoms with Crippen molar-refractivity contribution in [2.24, 2.45) is 5.92 Å². The molecule has 2 bridgehead atoms. The normalized spacial score (nSPS) is 29.9. The average Bonchev–Trinajstić information content (AvgIpc) is 2.97. The van der Waals surface area contributed by atoms with Crippen LogP contribution in [0.4, 0.5) is 0 Å². The molecular weight excluding hydrogens is 238 g/mol. The van der Waals surface area contributed by atoms with Crippen molar-refractivity contribution in [3.05, 3.63) is 29.8 Å². The Hall–Kier alpha value is -1.06. The largest absolute Gasteiger partial charge is 0.497 e. The molecule has 3 nitrogen and oxygen atoms in total. The lowest BCUT2D eigenvalue weighted by molar-refractivity contribution is 0.0350. The predicted molar refractivity (Wildman–Crippen MR) is 75.3 cm³/mol. The first-order chi connectivity index (χ1) is 9.31. The van der Waals surface area contributed by atoms with Crippen molar-refractivity contribution >= 4 is 0 Å². The fourth-order valence-corrected chi connectivity index (χ4v) is 3.64. The molecule has 3 unspecified atom stereocenters. The van der Waals surface area contributed by atoms with Gasteiger partial charge in [0.15, 0.2) is 0 Å². The van der Waals surface area contributed by atoms with E-state index in [1.807, 2.05) is 12.1 Å². The molecule has 0 aromatic heterocycles. The van der Waals surface area contributed by atoms with Gasteiger partial charge in [-0.1, -0.05) is 12.1 Å². The lowest BCUT2D eigenvalue weighted by atomic mass is 10.1. The lowest BCUT2D eigenvalue weighted by Crippen LogP contribution is -2.34. The number of hydrogen-bond donors (Lipinski definition) is 0. The monoisotopic (exact) mass is 261 g/mol. The van der Waals surface area contributed by atoms with Crippen LogP contribution in [0.15, 0.2) is 24.3 Å². The number of fused-ring (bicyclic) bond motifs is 2. The summed E-state index contributed by atoms with van der Waals surface area (Å²) < 4.78 is 11.1. The quantitative estimate of drug-likeness (QED) is 0.813. The van der Waals surface area contributed by atoms with Crippen LogP contribution in [0.3, 0.4) is 0 Å². The van der Waals surface area contributed by atoms with Gasteiger partial charge < -0.3 is 9.47 Å². The fraction of sp³-hybridized carbons (Fsp3) is 0.625. The van der Waals surface area contributed by atoms with Crippen LogP contribution in [0.5, 0.6) is 5.75 Å². The Balaban J connectivity index is 1.64. The standard InChI is InChI=1S/C16H23NO2/c1-3-19-16-13-6-9-15(16)17(11-13)10-12-4-7-14(18-2)8-5-12/h4-5,7-8,13,15-16H,3,6,9-11H2,1-2H3. The van der Waals surface area contributed by atoms with Crippen molar-refractivity contribution in [3.8, 4) is 5.75 Å². The molecule has 1 aromatic carbocycles. The first-order valence-corrected chi connectivity index (χ1v) is 7.30. The zero-order valence-electron chi connectivity index (χ0n) is 11.8. The molecule has 2 fully saturated rings. The van der Waals surface area contributed by atoms with Crippen LogP contribution in [0.1, 0.15) is 25.3 Å². The molecular formula is C16H23NO2. The second-order valence-electron chi connectivity index (χ2n) is 5.60. The Bertz CT molecular complexity index is 417. The van der Waals surface area contributed by atoms with Gasteiger partial charge in [0.25, 0.3) is 0 Å². The summed E-state index contributed by atoms with van der Waals surface area (Å²) in [6, 6.07) is 9.06. The van der Waals surface area contributed by atoms with Gasteiger partial charge in [-0.15, -0.1) is 0 Å². The summed E-state index contributed by atoms with van der Waals surface area (Å²) in [6.45, 7) is 5.18. The van der Waals surface area contributed by atoms with E-state index in [0.29, 0.717) is 12.1 Å². The Labute approximate surface area is 115 Å². The zero-order chi connectivity index (χ0) is 13.2. The molecule has 0 N–H and O–H groups in total. The molecule has 2 aliphatic rings. The maximum absolute atomic E-state index is 5.93. The minimum Gasteiger partial charge on any atom is -0.497 e. The maximum atomic E-state index is 5.93. The SMILES string of the molecule is CCOC1C2CCC1N(Cc1ccc(OC)cc1)C2. The number of rotatable bonds is 5. The molecule has 104 valence electrons. The van der Waals surface area contributed by atoms with Crippen molar-refractivity contribution in [3.63, 3.8) is 0 Å². The molecule has 1 heterocycles. The summed E-state index contributed by atoms with van der Waals surface area (Å²) >= 11 is 0. The van der Waals surface area contributed by atoms with Gasteiger partial charge in [-0.05, 0) is 43.4 Å². The highest BCUT2D eigenvalue weighted by Crippen LogP contribution is 2.40. The summed E-state index contributed by atoms with van der Waals surface area (Å²) in [7, 11) is 1.71. The molecule has 1 aliphatic carbocycles. The minimum atomic E-state index is 0.475. The second kappa shape index (κ2) is 5.51. The minimum absolute atomic E-state index is 0.475. The Morgan fingerprint density at radius 2 is 2.00 bits per heavy atom. The molecule has 0 spiro atoms. The number of likely N-dealkylation sites (tertiary alicyclic amines) is 1. The first-order valence-electron chi connectivity index (χ1n) is 7.30. The van der Waals surface area contributed by atoms with Crippen molar-refractivity contribution in [1.29, 1.82) is 0 Å². The molecule has 1 aliphatic heterocycles. The van der Waals surface area contributed by atoms with Crippen molar-refractivity contribution < 1.29 is 9.47 Å².